The number of methoxy groups -OCH3 is 1. The van der Waals surface area contributed by atoms with Crippen molar-refractivity contribution in [3.63, 3.8) is 0 Å². The molecule has 1 heterocycles. The van der Waals surface area contributed by atoms with E-state index in [0.29, 0.717) is 5.56 Å². The second-order valence-corrected chi connectivity index (χ2v) is 6.52. The van der Waals surface area contributed by atoms with E-state index in [1.807, 2.05) is 6.07 Å². The molecule has 146 valence electrons. The maximum absolute atomic E-state index is 13.8. The highest BCUT2D eigenvalue weighted by molar-refractivity contribution is 6.44. The number of ether oxygens (including phenoxy) is 1. The SMILES string of the molecule is COc1ccc(CN(C)CN2C(=O)C(=O)N(Cc3ccccc3)C2=O)cc1F. The van der Waals surface area contributed by atoms with Crippen molar-refractivity contribution >= 4 is 17.8 Å². The van der Waals surface area contributed by atoms with E-state index >= 15 is 0 Å². The molecule has 0 atom stereocenters. The van der Waals surface area contributed by atoms with Gasteiger partial charge in [0.15, 0.2) is 11.6 Å². The molecule has 0 N–H and O–H groups in total. The fourth-order valence-corrected chi connectivity index (χ4v) is 2.99. The zero-order valence-electron chi connectivity index (χ0n) is 15.6. The molecule has 2 aromatic rings. The largest absolute Gasteiger partial charge is 0.494 e. The van der Waals surface area contributed by atoms with Crippen molar-refractivity contribution in [3.8, 4) is 5.75 Å². The van der Waals surface area contributed by atoms with Crippen LogP contribution in [0.2, 0.25) is 0 Å². The van der Waals surface area contributed by atoms with Gasteiger partial charge in [-0.2, -0.15) is 0 Å². The molecule has 28 heavy (non-hydrogen) atoms. The van der Waals surface area contributed by atoms with Crippen LogP contribution in [0.25, 0.3) is 0 Å². The summed E-state index contributed by atoms with van der Waals surface area (Å²) in [6.45, 7) is 0.237. The van der Waals surface area contributed by atoms with Gasteiger partial charge in [0.2, 0.25) is 0 Å². The predicted octanol–water partition coefficient (Wildman–Crippen LogP) is 2.21. The van der Waals surface area contributed by atoms with E-state index in [1.165, 1.54) is 19.2 Å². The second kappa shape index (κ2) is 8.18. The number of rotatable bonds is 7. The zero-order chi connectivity index (χ0) is 20.3. The molecule has 0 aliphatic carbocycles. The van der Waals surface area contributed by atoms with Crippen molar-refractivity contribution in [1.82, 2.24) is 14.7 Å². The van der Waals surface area contributed by atoms with E-state index in [0.717, 1.165) is 15.4 Å². The summed E-state index contributed by atoms with van der Waals surface area (Å²) in [5.41, 5.74) is 1.40. The van der Waals surface area contributed by atoms with Gasteiger partial charge in [0.25, 0.3) is 0 Å². The smallest absolute Gasteiger partial charge is 0.335 e. The van der Waals surface area contributed by atoms with Crippen LogP contribution in [0.3, 0.4) is 0 Å². The molecule has 0 radical (unpaired) electrons. The van der Waals surface area contributed by atoms with E-state index in [9.17, 15) is 18.8 Å². The first kappa shape index (κ1) is 19.5. The maximum Gasteiger partial charge on any atom is 0.335 e. The summed E-state index contributed by atoms with van der Waals surface area (Å²) < 4.78 is 18.7. The average Bonchev–Trinajstić information content (AvgIpc) is 2.87. The number of benzene rings is 2. The van der Waals surface area contributed by atoms with Crippen molar-refractivity contribution in [1.29, 1.82) is 0 Å². The van der Waals surface area contributed by atoms with Gasteiger partial charge >= 0.3 is 17.8 Å². The Hall–Kier alpha value is -3.26. The lowest BCUT2D eigenvalue weighted by atomic mass is 10.2. The van der Waals surface area contributed by atoms with E-state index in [2.05, 4.69) is 0 Å². The molecular weight excluding hydrogens is 365 g/mol. The molecule has 3 rings (SSSR count). The third-order valence-electron chi connectivity index (χ3n) is 4.37. The van der Waals surface area contributed by atoms with Crippen molar-refractivity contribution in [2.45, 2.75) is 13.1 Å². The maximum atomic E-state index is 13.8. The molecule has 0 unspecified atom stereocenters. The minimum absolute atomic E-state index is 0.0359. The van der Waals surface area contributed by atoms with Crippen molar-refractivity contribution in [2.75, 3.05) is 20.8 Å². The number of imide groups is 2. The third-order valence-corrected chi connectivity index (χ3v) is 4.37. The van der Waals surface area contributed by atoms with Crippen molar-refractivity contribution in [2.24, 2.45) is 0 Å². The highest BCUT2D eigenvalue weighted by Gasteiger charge is 2.44. The van der Waals surface area contributed by atoms with Crippen LogP contribution in [0, 0.1) is 5.82 Å². The van der Waals surface area contributed by atoms with E-state index in [1.54, 1.807) is 42.3 Å². The fraction of sp³-hybridized carbons (Fsp3) is 0.250. The number of carbonyl (C=O) groups is 3. The summed E-state index contributed by atoms with van der Waals surface area (Å²) in [6, 6.07) is 12.8. The van der Waals surface area contributed by atoms with Gasteiger partial charge in [0.1, 0.15) is 0 Å². The molecule has 0 saturated carbocycles. The van der Waals surface area contributed by atoms with Gasteiger partial charge in [-0.15, -0.1) is 0 Å². The molecule has 1 fully saturated rings. The van der Waals surface area contributed by atoms with E-state index in [-0.39, 0.29) is 25.5 Å². The summed E-state index contributed by atoms with van der Waals surface area (Å²) >= 11 is 0. The summed E-state index contributed by atoms with van der Waals surface area (Å²) in [5.74, 6) is -2.07. The Kier molecular flexibility index (Phi) is 5.70. The monoisotopic (exact) mass is 385 g/mol. The number of urea groups is 1. The molecule has 2 aromatic carbocycles. The first-order valence-electron chi connectivity index (χ1n) is 8.63. The van der Waals surface area contributed by atoms with Crippen molar-refractivity contribution < 1.29 is 23.5 Å². The molecule has 1 saturated heterocycles. The number of hydrogen-bond acceptors (Lipinski definition) is 5. The summed E-state index contributed by atoms with van der Waals surface area (Å²) in [5, 5.41) is 0. The number of carbonyl (C=O) groups excluding carboxylic acids is 3. The third kappa shape index (κ3) is 4.01. The molecule has 0 aromatic heterocycles. The number of nitrogens with zero attached hydrogens (tertiary/aromatic N) is 3. The molecule has 0 spiro atoms. The molecule has 0 bridgehead atoms. The number of amides is 4. The minimum Gasteiger partial charge on any atom is -0.494 e. The van der Waals surface area contributed by atoms with Gasteiger partial charge in [0.05, 0.1) is 20.3 Å². The van der Waals surface area contributed by atoms with Crippen LogP contribution in [-0.4, -0.2) is 53.4 Å². The molecule has 4 amide bonds. The van der Waals surface area contributed by atoms with E-state index in [4.69, 9.17) is 4.74 Å². The van der Waals surface area contributed by atoms with Crippen LogP contribution in [0.4, 0.5) is 9.18 Å². The van der Waals surface area contributed by atoms with Crippen molar-refractivity contribution in [3.05, 3.63) is 65.5 Å². The Bertz CT molecular complexity index is 904. The summed E-state index contributed by atoms with van der Waals surface area (Å²) in [7, 11) is 3.06. The average molecular weight is 385 g/mol. The lowest BCUT2D eigenvalue weighted by molar-refractivity contribution is -0.144. The molecule has 1 aliphatic heterocycles. The quantitative estimate of drug-likeness (QED) is 0.540. The van der Waals surface area contributed by atoms with Crippen LogP contribution in [0.15, 0.2) is 48.5 Å². The molecule has 7 nitrogen and oxygen atoms in total. The Labute approximate surface area is 161 Å². The highest BCUT2D eigenvalue weighted by atomic mass is 19.1. The fourth-order valence-electron chi connectivity index (χ4n) is 2.99. The van der Waals surface area contributed by atoms with Crippen LogP contribution >= 0.6 is 0 Å². The number of hydrogen-bond donors (Lipinski definition) is 0. The minimum atomic E-state index is -0.867. The molecule has 8 heteroatoms. The van der Waals surface area contributed by atoms with Gasteiger partial charge in [-0.3, -0.25) is 19.4 Å². The van der Waals surface area contributed by atoms with E-state index < -0.39 is 23.7 Å². The molecule has 1 aliphatic rings. The zero-order valence-corrected chi connectivity index (χ0v) is 15.6. The van der Waals surface area contributed by atoms with Gasteiger partial charge in [0, 0.05) is 6.54 Å². The Morgan fingerprint density at radius 1 is 0.964 bits per heavy atom. The molecular formula is C20H20FN3O4. The van der Waals surface area contributed by atoms with Gasteiger partial charge < -0.3 is 4.74 Å². The van der Waals surface area contributed by atoms with Gasteiger partial charge in [-0.25, -0.2) is 14.1 Å². The van der Waals surface area contributed by atoms with Crippen LogP contribution in [0.1, 0.15) is 11.1 Å². The lowest BCUT2D eigenvalue weighted by Crippen LogP contribution is -2.40. The van der Waals surface area contributed by atoms with Gasteiger partial charge in [-0.1, -0.05) is 36.4 Å². The highest BCUT2D eigenvalue weighted by Crippen LogP contribution is 2.20. The van der Waals surface area contributed by atoms with Crippen LogP contribution in [0.5, 0.6) is 5.75 Å². The summed E-state index contributed by atoms with van der Waals surface area (Å²) in [4.78, 5) is 40.5. The lowest BCUT2D eigenvalue weighted by Gasteiger charge is -2.22. The predicted molar refractivity (Wildman–Crippen MR) is 98.5 cm³/mol. The number of halogens is 1. The van der Waals surface area contributed by atoms with Crippen LogP contribution < -0.4 is 4.74 Å². The van der Waals surface area contributed by atoms with Crippen LogP contribution in [-0.2, 0) is 22.7 Å². The summed E-state index contributed by atoms with van der Waals surface area (Å²) in [6.07, 6.45) is 0. The van der Waals surface area contributed by atoms with Gasteiger partial charge in [-0.05, 0) is 30.3 Å². The topological polar surface area (TPSA) is 70.2 Å². The second-order valence-electron chi connectivity index (χ2n) is 6.52. The standard InChI is InChI=1S/C20H20FN3O4/c1-22(11-15-8-9-17(28-2)16(21)10-15)13-24-19(26)18(25)23(20(24)27)12-14-6-4-3-5-7-14/h3-10H,11-13H2,1-2H3. The first-order chi connectivity index (χ1) is 13.4. The first-order valence-corrected chi connectivity index (χ1v) is 8.63. The normalized spacial score (nSPS) is 14.4. The Morgan fingerprint density at radius 2 is 1.64 bits per heavy atom. The Balaban J connectivity index is 1.66. The Morgan fingerprint density at radius 3 is 2.29 bits per heavy atom.